The molecule has 3 aromatic rings. The number of allylic oxidation sites excluding steroid dienone is 1. The van der Waals surface area contributed by atoms with Gasteiger partial charge in [0.25, 0.3) is 0 Å². The number of halogens is 6. The van der Waals surface area contributed by atoms with Crippen molar-refractivity contribution < 1.29 is 26.3 Å². The highest BCUT2D eigenvalue weighted by Crippen LogP contribution is 2.37. The molecule has 0 radical (unpaired) electrons. The Labute approximate surface area is 181 Å². The Morgan fingerprint density at radius 1 is 0.750 bits per heavy atom. The number of fused-ring (bicyclic) bond motifs is 1. The van der Waals surface area contributed by atoms with E-state index < -0.39 is 46.0 Å². The smallest absolute Gasteiger partial charge is 0.166 e. The van der Waals surface area contributed by atoms with Crippen LogP contribution < -0.4 is 0 Å². The molecule has 1 aliphatic carbocycles. The van der Waals surface area contributed by atoms with Gasteiger partial charge in [-0.25, -0.2) is 26.3 Å². The second-order valence-electron chi connectivity index (χ2n) is 7.70. The van der Waals surface area contributed by atoms with Gasteiger partial charge in [0, 0.05) is 16.7 Å². The summed E-state index contributed by atoms with van der Waals surface area (Å²) in [5, 5.41) is 0. The van der Waals surface area contributed by atoms with Crippen molar-refractivity contribution in [2.45, 2.75) is 26.2 Å². The second kappa shape index (κ2) is 8.69. The van der Waals surface area contributed by atoms with E-state index in [9.17, 15) is 26.3 Å². The maximum atomic E-state index is 14.8. The lowest BCUT2D eigenvalue weighted by Gasteiger charge is -2.09. The van der Waals surface area contributed by atoms with Crippen LogP contribution in [0, 0.1) is 23.3 Å². The molecule has 0 aliphatic heterocycles. The first-order valence-corrected chi connectivity index (χ1v) is 10.1. The molecule has 0 atom stereocenters. The lowest BCUT2D eigenvalue weighted by molar-refractivity contribution is 0.507. The van der Waals surface area contributed by atoms with Gasteiger partial charge in [0.2, 0.25) is 0 Å². The first kappa shape index (κ1) is 21.9. The highest BCUT2D eigenvalue weighted by molar-refractivity contribution is 5.90. The maximum Gasteiger partial charge on any atom is 0.166 e. The Balaban J connectivity index is 1.67. The average Bonchev–Trinajstić information content (AvgIpc) is 3.15. The molecule has 0 saturated heterocycles. The van der Waals surface area contributed by atoms with Crippen molar-refractivity contribution in [3.05, 3.63) is 105 Å². The van der Waals surface area contributed by atoms with Crippen molar-refractivity contribution in [3.8, 4) is 0 Å². The summed E-state index contributed by atoms with van der Waals surface area (Å²) in [5.41, 5.74) is 0.760. The molecule has 0 amide bonds. The average molecular weight is 444 g/mol. The van der Waals surface area contributed by atoms with E-state index in [0.717, 1.165) is 30.5 Å². The van der Waals surface area contributed by atoms with Gasteiger partial charge in [-0.05, 0) is 59.4 Å². The van der Waals surface area contributed by atoms with Gasteiger partial charge in [0.15, 0.2) is 23.3 Å². The van der Waals surface area contributed by atoms with Crippen molar-refractivity contribution in [2.24, 2.45) is 0 Å². The summed E-state index contributed by atoms with van der Waals surface area (Å²) in [4.78, 5) is 0. The van der Waals surface area contributed by atoms with Gasteiger partial charge in [0.05, 0.1) is 0 Å². The quantitative estimate of drug-likeness (QED) is 0.276. The zero-order valence-electron chi connectivity index (χ0n) is 17.1. The lowest BCUT2D eigenvalue weighted by Crippen LogP contribution is -1.98. The number of benzene rings is 3. The molecule has 0 nitrogen and oxygen atoms in total. The number of rotatable bonds is 5. The highest BCUT2D eigenvalue weighted by atomic mass is 19.2. The first-order valence-electron chi connectivity index (χ1n) is 10.1. The van der Waals surface area contributed by atoms with Gasteiger partial charge >= 0.3 is 0 Å². The van der Waals surface area contributed by atoms with E-state index in [0.29, 0.717) is 23.3 Å². The van der Waals surface area contributed by atoms with Crippen molar-refractivity contribution in [3.63, 3.8) is 0 Å². The van der Waals surface area contributed by atoms with Crippen LogP contribution in [0.3, 0.4) is 0 Å². The Bertz CT molecular complexity index is 1230. The predicted molar refractivity (Wildman–Crippen MR) is 114 cm³/mol. The topological polar surface area (TPSA) is 0 Å². The van der Waals surface area contributed by atoms with E-state index in [2.05, 4.69) is 0 Å². The molecule has 0 saturated carbocycles. The number of aryl methyl sites for hydroxylation is 1. The summed E-state index contributed by atoms with van der Waals surface area (Å²) >= 11 is 0. The van der Waals surface area contributed by atoms with Crippen LogP contribution in [0.15, 0.2) is 48.5 Å². The maximum absolute atomic E-state index is 14.8. The molecule has 0 bridgehead atoms. The minimum absolute atomic E-state index is 0.0173. The van der Waals surface area contributed by atoms with Gasteiger partial charge in [-0.2, -0.15) is 0 Å². The summed E-state index contributed by atoms with van der Waals surface area (Å²) in [6.07, 6.45) is 3.04. The molecule has 3 aromatic carbocycles. The minimum atomic E-state index is -1.38. The van der Waals surface area contributed by atoms with Gasteiger partial charge in [0.1, 0.15) is 11.6 Å². The van der Waals surface area contributed by atoms with Crippen LogP contribution in [-0.2, 0) is 12.8 Å². The number of hydrogen-bond donors (Lipinski definition) is 0. The van der Waals surface area contributed by atoms with Gasteiger partial charge < -0.3 is 0 Å². The lowest BCUT2D eigenvalue weighted by atomic mass is 9.99. The fourth-order valence-electron chi connectivity index (χ4n) is 3.86. The molecular weight excluding hydrogens is 426 g/mol. The summed E-state index contributed by atoms with van der Waals surface area (Å²) in [6, 6.07) is 9.53. The van der Waals surface area contributed by atoms with E-state index in [1.165, 1.54) is 18.2 Å². The van der Waals surface area contributed by atoms with Crippen molar-refractivity contribution in [2.75, 3.05) is 0 Å². The minimum Gasteiger partial charge on any atom is -0.206 e. The number of hydrogen-bond acceptors (Lipinski definition) is 0. The SMILES string of the molecule is CCCc1ccc(/C(F)=C(\F)c2cc(F)c(C3=Cc4cc(F)c(F)cc4C3)c(F)c2)cc1. The third-order valence-electron chi connectivity index (χ3n) is 5.45. The standard InChI is InChI=1S/C26H18F6/c1-2-3-14-4-6-15(7-5-14)25(31)26(32)19-12-22(29)24(23(30)13-19)18-8-16-10-20(27)21(28)11-17(16)9-18/h4-8,10-13H,2-3,9H2,1H3/b26-25+. The largest absolute Gasteiger partial charge is 0.206 e. The van der Waals surface area contributed by atoms with E-state index in [-0.39, 0.29) is 17.6 Å². The van der Waals surface area contributed by atoms with Crippen LogP contribution in [0.1, 0.15) is 46.7 Å². The molecule has 0 N–H and O–H groups in total. The Morgan fingerprint density at radius 3 is 1.97 bits per heavy atom. The fourth-order valence-corrected chi connectivity index (χ4v) is 3.86. The molecule has 0 aromatic heterocycles. The van der Waals surface area contributed by atoms with E-state index in [1.54, 1.807) is 12.1 Å². The van der Waals surface area contributed by atoms with Crippen LogP contribution in [0.4, 0.5) is 26.3 Å². The zero-order valence-corrected chi connectivity index (χ0v) is 17.1. The molecule has 32 heavy (non-hydrogen) atoms. The molecule has 4 rings (SSSR count). The first-order chi connectivity index (χ1) is 15.3. The van der Waals surface area contributed by atoms with Crippen LogP contribution in [0.2, 0.25) is 0 Å². The molecule has 164 valence electrons. The van der Waals surface area contributed by atoms with Crippen molar-refractivity contribution in [1.29, 1.82) is 0 Å². The van der Waals surface area contributed by atoms with Crippen LogP contribution >= 0.6 is 0 Å². The van der Waals surface area contributed by atoms with Gasteiger partial charge in [-0.1, -0.05) is 43.7 Å². The Kier molecular flexibility index (Phi) is 5.96. The summed E-state index contributed by atoms with van der Waals surface area (Å²) in [7, 11) is 0. The van der Waals surface area contributed by atoms with Crippen molar-refractivity contribution >= 4 is 23.3 Å². The van der Waals surface area contributed by atoms with Crippen LogP contribution in [-0.4, -0.2) is 0 Å². The van der Waals surface area contributed by atoms with Gasteiger partial charge in [-0.3, -0.25) is 0 Å². The molecule has 0 fully saturated rings. The third kappa shape index (κ3) is 4.09. The molecule has 0 spiro atoms. The van der Waals surface area contributed by atoms with E-state index >= 15 is 0 Å². The molecule has 0 heterocycles. The summed E-state index contributed by atoms with van der Waals surface area (Å²) in [6.45, 7) is 2.00. The highest BCUT2D eigenvalue weighted by Gasteiger charge is 2.24. The molecule has 0 unspecified atom stereocenters. The predicted octanol–water partition coefficient (Wildman–Crippen LogP) is 8.06. The second-order valence-corrected chi connectivity index (χ2v) is 7.70. The van der Waals surface area contributed by atoms with Crippen LogP contribution in [0.25, 0.3) is 23.3 Å². The molecule has 6 heteroatoms. The molecular formula is C26H18F6. The van der Waals surface area contributed by atoms with Gasteiger partial charge in [-0.15, -0.1) is 0 Å². The fraction of sp³-hybridized carbons (Fsp3) is 0.154. The third-order valence-corrected chi connectivity index (χ3v) is 5.45. The monoisotopic (exact) mass is 444 g/mol. The normalized spacial score (nSPS) is 13.7. The summed E-state index contributed by atoms with van der Waals surface area (Å²) in [5.74, 6) is -6.92. The van der Waals surface area contributed by atoms with E-state index in [4.69, 9.17) is 0 Å². The Hall–Kier alpha value is -3.28. The zero-order chi connectivity index (χ0) is 23.0. The van der Waals surface area contributed by atoms with E-state index in [1.807, 2.05) is 6.92 Å². The van der Waals surface area contributed by atoms with Crippen LogP contribution in [0.5, 0.6) is 0 Å². The summed E-state index contributed by atoms with van der Waals surface area (Å²) < 4.78 is 85.8. The molecule has 1 aliphatic rings. The van der Waals surface area contributed by atoms with Crippen molar-refractivity contribution in [1.82, 2.24) is 0 Å². The Morgan fingerprint density at radius 2 is 1.34 bits per heavy atom.